The van der Waals surface area contributed by atoms with Crippen molar-refractivity contribution in [1.82, 2.24) is 14.6 Å². The van der Waals surface area contributed by atoms with E-state index in [2.05, 4.69) is 42.7 Å². The molecule has 28 heavy (non-hydrogen) atoms. The molecule has 0 saturated heterocycles. The number of ether oxygens (including phenoxy) is 2. The number of benzene rings is 1. The van der Waals surface area contributed by atoms with Crippen molar-refractivity contribution >= 4 is 53.2 Å². The second kappa shape index (κ2) is 11.4. The number of carbonyl (C=O) groups excluding carboxylic acids is 2. The fourth-order valence-corrected chi connectivity index (χ4v) is 4.85. The van der Waals surface area contributed by atoms with E-state index in [9.17, 15) is 9.59 Å². The number of rotatable bonds is 10. The molecule has 0 bridgehead atoms. The van der Waals surface area contributed by atoms with Crippen molar-refractivity contribution in [1.29, 1.82) is 0 Å². The molecule has 7 nitrogen and oxygen atoms in total. The van der Waals surface area contributed by atoms with Crippen LogP contribution in [0.15, 0.2) is 18.2 Å². The molecule has 0 atom stereocenters. The summed E-state index contributed by atoms with van der Waals surface area (Å²) in [7, 11) is 1.62. The number of amides is 2. The van der Waals surface area contributed by atoms with Gasteiger partial charge in [-0.3, -0.25) is 8.77 Å². The van der Waals surface area contributed by atoms with E-state index in [1.165, 1.54) is 11.3 Å². The van der Waals surface area contributed by atoms with Crippen LogP contribution in [0.4, 0.5) is 4.79 Å². The molecule has 1 aromatic carbocycles. The predicted octanol–water partition coefficient (Wildman–Crippen LogP) is 3.99. The molecule has 2 N–H and O–H groups in total. The van der Waals surface area contributed by atoms with Crippen molar-refractivity contribution in [2.24, 2.45) is 0 Å². The molecule has 0 fully saturated rings. The number of fused-ring (bicyclic) bond motifs is 1. The number of nitrogens with zero attached hydrogens (tertiary/aromatic N) is 1. The van der Waals surface area contributed by atoms with Crippen LogP contribution in [-0.2, 0) is 16.0 Å². The summed E-state index contributed by atoms with van der Waals surface area (Å²) in [5.41, 5.74) is 3.48. The normalized spacial score (nSPS) is 10.7. The molecule has 0 aliphatic heterocycles. The Hall–Kier alpha value is -1.62. The first-order chi connectivity index (χ1) is 13.5. The minimum absolute atomic E-state index is 0.0581. The van der Waals surface area contributed by atoms with Crippen LogP contribution in [0.2, 0.25) is 0 Å². The Labute approximate surface area is 181 Å². The predicted molar refractivity (Wildman–Crippen MR) is 121 cm³/mol. The molecular weight excluding hydrogens is 493 g/mol. The zero-order chi connectivity index (χ0) is 20.5. The van der Waals surface area contributed by atoms with E-state index >= 15 is 0 Å². The highest BCUT2D eigenvalue weighted by Gasteiger charge is 2.15. The lowest BCUT2D eigenvalue weighted by molar-refractivity contribution is -0.120. The fourth-order valence-electron chi connectivity index (χ4n) is 2.88. The number of hydrogen-bond donors (Lipinski definition) is 2. The van der Waals surface area contributed by atoms with Gasteiger partial charge in [-0.1, -0.05) is 6.92 Å². The van der Waals surface area contributed by atoms with Crippen LogP contribution in [0, 0.1) is 6.92 Å². The maximum absolute atomic E-state index is 11.5. The molecule has 0 radical (unpaired) electrons. The average Bonchev–Trinajstić information content (AvgIpc) is 2.95. The molecule has 154 valence electrons. The Morgan fingerprint density at radius 1 is 1.21 bits per heavy atom. The fraction of sp³-hybridized carbons (Fsp3) is 0.474. The van der Waals surface area contributed by atoms with E-state index in [4.69, 9.17) is 9.47 Å². The van der Waals surface area contributed by atoms with Crippen molar-refractivity contribution in [3.63, 3.8) is 0 Å². The zero-order valence-electron chi connectivity index (χ0n) is 16.3. The van der Waals surface area contributed by atoms with Gasteiger partial charge in [0.05, 0.1) is 18.7 Å². The summed E-state index contributed by atoms with van der Waals surface area (Å²) in [6, 6.07) is 5.99. The van der Waals surface area contributed by atoms with Crippen molar-refractivity contribution in [2.45, 2.75) is 33.6 Å². The van der Waals surface area contributed by atoms with E-state index in [1.54, 1.807) is 16.0 Å². The Bertz CT molecular complexity index is 825. The number of carbonyl (C=O) groups is 2. The third kappa shape index (κ3) is 5.94. The third-order valence-corrected chi connectivity index (χ3v) is 6.05. The maximum Gasteiger partial charge on any atom is 0.407 e. The first-order valence-corrected chi connectivity index (χ1v) is 12.6. The summed E-state index contributed by atoms with van der Waals surface area (Å²) < 4.78 is 12.8. The van der Waals surface area contributed by atoms with Gasteiger partial charge in [0.15, 0.2) is 0 Å². The van der Waals surface area contributed by atoms with Crippen LogP contribution in [-0.4, -0.2) is 42.3 Å². The van der Waals surface area contributed by atoms with Gasteiger partial charge in [-0.25, -0.2) is 4.79 Å². The SMILES string of the molecule is CCOC(=O)NCCOc1ccc2c(c1)c(CCNC(=O)CC)c(C)n2SI. The standard InChI is InChI=1S/C19H26IN3O4S/c1-4-18(24)21-9-8-15-13(3)23(28-20)17-7-6-14(12-16(15)17)27-11-10-22-19(25)26-5-2/h6-7,12H,4-5,8-11H2,1-3H3,(H,21,24)(H,22,25). The molecule has 0 spiro atoms. The average molecular weight is 519 g/mol. The summed E-state index contributed by atoms with van der Waals surface area (Å²) >= 11 is 2.27. The molecule has 1 aromatic heterocycles. The topological polar surface area (TPSA) is 81.6 Å². The Balaban J connectivity index is 2.10. The minimum atomic E-state index is -0.440. The molecule has 0 aliphatic carbocycles. The number of halogens is 1. The largest absolute Gasteiger partial charge is 0.492 e. The first kappa shape index (κ1) is 22.7. The summed E-state index contributed by atoms with van der Waals surface area (Å²) in [6.07, 6.45) is 0.804. The van der Waals surface area contributed by atoms with Crippen LogP contribution in [0.3, 0.4) is 0 Å². The molecule has 9 heteroatoms. The van der Waals surface area contributed by atoms with Crippen molar-refractivity contribution in [3.8, 4) is 5.75 Å². The van der Waals surface area contributed by atoms with Crippen LogP contribution in [0.5, 0.6) is 5.75 Å². The highest BCUT2D eigenvalue weighted by Crippen LogP contribution is 2.34. The number of alkyl carbamates (subject to hydrolysis) is 1. The lowest BCUT2D eigenvalue weighted by Crippen LogP contribution is -2.28. The summed E-state index contributed by atoms with van der Waals surface area (Å²) in [4.78, 5) is 22.8. The van der Waals surface area contributed by atoms with E-state index in [0.29, 0.717) is 32.7 Å². The molecule has 1 heterocycles. The lowest BCUT2D eigenvalue weighted by atomic mass is 10.1. The minimum Gasteiger partial charge on any atom is -0.492 e. The van der Waals surface area contributed by atoms with Gasteiger partial charge in [-0.05, 0) is 44.0 Å². The van der Waals surface area contributed by atoms with E-state index in [0.717, 1.165) is 23.1 Å². The van der Waals surface area contributed by atoms with E-state index < -0.39 is 6.09 Å². The highest BCUT2D eigenvalue weighted by atomic mass is 127. The van der Waals surface area contributed by atoms with Gasteiger partial charge >= 0.3 is 6.09 Å². The molecule has 2 aromatic rings. The number of aromatic nitrogens is 1. The molecule has 2 amide bonds. The summed E-state index contributed by atoms with van der Waals surface area (Å²) in [5, 5.41) is 6.69. The monoisotopic (exact) mass is 519 g/mol. The first-order valence-electron chi connectivity index (χ1n) is 9.24. The second-order valence-corrected chi connectivity index (χ2v) is 7.74. The highest BCUT2D eigenvalue weighted by molar-refractivity contribution is 14.2. The zero-order valence-corrected chi connectivity index (χ0v) is 19.3. The molecular formula is C19H26IN3O4S. The van der Waals surface area contributed by atoms with Crippen LogP contribution in [0.1, 0.15) is 31.5 Å². The maximum atomic E-state index is 11.5. The second-order valence-electron chi connectivity index (χ2n) is 6.06. The van der Waals surface area contributed by atoms with Crippen LogP contribution >= 0.6 is 30.3 Å². The quantitative estimate of drug-likeness (QED) is 0.367. The van der Waals surface area contributed by atoms with Crippen molar-refractivity contribution in [3.05, 3.63) is 29.5 Å². The molecule has 0 unspecified atom stereocenters. The van der Waals surface area contributed by atoms with Crippen LogP contribution < -0.4 is 15.4 Å². The van der Waals surface area contributed by atoms with Gasteiger partial charge in [0.2, 0.25) is 5.91 Å². The molecule has 2 rings (SSSR count). The van der Waals surface area contributed by atoms with Crippen LogP contribution in [0.25, 0.3) is 10.9 Å². The lowest BCUT2D eigenvalue weighted by Gasteiger charge is -2.08. The summed E-state index contributed by atoms with van der Waals surface area (Å²) in [6.45, 7) is 7.37. The smallest absolute Gasteiger partial charge is 0.407 e. The Kier molecular flexibility index (Phi) is 9.23. The third-order valence-electron chi connectivity index (χ3n) is 4.26. The van der Waals surface area contributed by atoms with Gasteiger partial charge in [0.25, 0.3) is 0 Å². The van der Waals surface area contributed by atoms with E-state index in [-0.39, 0.29) is 5.91 Å². The molecule has 0 aliphatic rings. The van der Waals surface area contributed by atoms with Gasteiger partial charge in [-0.15, -0.1) is 0 Å². The Morgan fingerprint density at radius 2 is 2.00 bits per heavy atom. The van der Waals surface area contributed by atoms with Gasteiger partial charge in [0.1, 0.15) is 12.4 Å². The van der Waals surface area contributed by atoms with Gasteiger partial charge < -0.3 is 20.1 Å². The number of nitrogens with one attached hydrogen (secondary N) is 2. The number of hydrogen-bond acceptors (Lipinski definition) is 5. The van der Waals surface area contributed by atoms with Gasteiger partial charge in [-0.2, -0.15) is 0 Å². The van der Waals surface area contributed by atoms with E-state index in [1.807, 2.05) is 25.1 Å². The molecule has 0 saturated carbocycles. The Morgan fingerprint density at radius 3 is 2.68 bits per heavy atom. The summed E-state index contributed by atoms with van der Waals surface area (Å²) in [5.74, 6) is 0.801. The van der Waals surface area contributed by atoms with Crippen molar-refractivity contribution < 1.29 is 19.1 Å². The van der Waals surface area contributed by atoms with Gasteiger partial charge in [0, 0.05) is 54.4 Å². The van der Waals surface area contributed by atoms with Crippen molar-refractivity contribution in [2.75, 3.05) is 26.3 Å².